The first-order valence-electron chi connectivity index (χ1n) is 7.04. The molecule has 1 atom stereocenters. The molecule has 0 radical (unpaired) electrons. The number of hydrogen-bond acceptors (Lipinski definition) is 5. The van der Waals surface area contributed by atoms with E-state index in [1.54, 1.807) is 34.0 Å². The minimum atomic E-state index is -3.53. The number of nitrogens with zero attached hydrogens (tertiary/aromatic N) is 4. The fraction of sp³-hybridized carbons (Fsp3) is 0.462. The molecule has 2 aromatic heterocycles. The summed E-state index contributed by atoms with van der Waals surface area (Å²) in [7, 11) is -3.53. The van der Waals surface area contributed by atoms with Crippen LogP contribution >= 0.6 is 0 Å². The lowest BCUT2D eigenvalue weighted by Gasteiger charge is -2.14. The van der Waals surface area contributed by atoms with Crippen molar-refractivity contribution in [2.45, 2.75) is 25.1 Å². The Balaban J connectivity index is 1.68. The molecule has 22 heavy (non-hydrogen) atoms. The molecule has 1 aliphatic heterocycles. The molecule has 118 valence electrons. The van der Waals surface area contributed by atoms with Crippen LogP contribution in [-0.4, -0.2) is 52.2 Å². The number of rotatable bonds is 5. The van der Waals surface area contributed by atoms with Crippen LogP contribution in [-0.2, 0) is 21.4 Å². The molecule has 8 nitrogen and oxygen atoms in total. The highest BCUT2D eigenvalue weighted by Gasteiger charge is 2.37. The maximum atomic E-state index is 12.3. The molecule has 0 aromatic carbocycles. The second-order valence-electron chi connectivity index (χ2n) is 5.26. The summed E-state index contributed by atoms with van der Waals surface area (Å²) in [6, 6.07) is 3.57. The molecule has 1 aliphatic rings. The number of pyridine rings is 1. The Labute approximate surface area is 128 Å². The van der Waals surface area contributed by atoms with Crippen molar-refractivity contribution in [3.63, 3.8) is 0 Å². The van der Waals surface area contributed by atoms with Crippen molar-refractivity contribution in [3.8, 4) is 0 Å². The Bertz CT molecular complexity index is 801. The first kappa shape index (κ1) is 14.9. The number of aromatic nitrogens is 3. The summed E-state index contributed by atoms with van der Waals surface area (Å²) in [6.45, 7) is 2.81. The van der Waals surface area contributed by atoms with Gasteiger partial charge in [0, 0.05) is 32.3 Å². The predicted octanol–water partition coefficient (Wildman–Crippen LogP) is -0.230. The van der Waals surface area contributed by atoms with Crippen molar-refractivity contribution < 1.29 is 13.2 Å². The van der Waals surface area contributed by atoms with Gasteiger partial charge in [-0.05, 0) is 18.6 Å². The number of hydrogen-bond donors (Lipinski definition) is 1. The average Bonchev–Trinajstić information content (AvgIpc) is 3.10. The van der Waals surface area contributed by atoms with Crippen LogP contribution in [0.2, 0.25) is 0 Å². The molecule has 1 fully saturated rings. The van der Waals surface area contributed by atoms with Crippen LogP contribution in [0.4, 0.5) is 0 Å². The van der Waals surface area contributed by atoms with Crippen LogP contribution in [0.1, 0.15) is 18.9 Å². The predicted molar refractivity (Wildman–Crippen MR) is 79.4 cm³/mol. The molecule has 1 amide bonds. The maximum absolute atomic E-state index is 12.3. The average molecular weight is 323 g/mol. The standard InChI is InChI=1S/C13H17N5O3S/c1-2-17-8-11(5-13(17)19)22(20,21)15-6-10-3-4-12-16-14-9-18(12)7-10/h3-4,7,9,11,15H,2,5-6,8H2,1H3. The molecule has 9 heteroatoms. The van der Waals surface area contributed by atoms with Crippen molar-refractivity contribution in [2.24, 2.45) is 0 Å². The summed E-state index contributed by atoms with van der Waals surface area (Å²) in [4.78, 5) is 13.2. The third kappa shape index (κ3) is 2.81. The number of carbonyl (C=O) groups excluding carboxylic acids is 1. The fourth-order valence-electron chi connectivity index (χ4n) is 2.53. The molecule has 0 bridgehead atoms. The van der Waals surface area contributed by atoms with Crippen molar-refractivity contribution in [1.82, 2.24) is 24.2 Å². The van der Waals surface area contributed by atoms with E-state index >= 15 is 0 Å². The van der Waals surface area contributed by atoms with Gasteiger partial charge in [-0.1, -0.05) is 6.07 Å². The topological polar surface area (TPSA) is 96.7 Å². The molecule has 0 aliphatic carbocycles. The van der Waals surface area contributed by atoms with Crippen LogP contribution in [0.5, 0.6) is 0 Å². The van der Waals surface area contributed by atoms with E-state index in [1.165, 1.54) is 0 Å². The molecule has 3 rings (SSSR count). The number of fused-ring (bicyclic) bond motifs is 1. The molecular weight excluding hydrogens is 306 g/mol. The van der Waals surface area contributed by atoms with Gasteiger partial charge in [0.2, 0.25) is 15.9 Å². The molecule has 3 heterocycles. The van der Waals surface area contributed by atoms with E-state index in [9.17, 15) is 13.2 Å². The first-order valence-corrected chi connectivity index (χ1v) is 8.59. The van der Waals surface area contributed by atoms with Gasteiger partial charge in [0.15, 0.2) is 5.65 Å². The van der Waals surface area contributed by atoms with Gasteiger partial charge in [0.1, 0.15) is 11.6 Å². The Morgan fingerprint density at radius 3 is 2.95 bits per heavy atom. The number of nitrogens with one attached hydrogen (secondary N) is 1. The minimum Gasteiger partial charge on any atom is -0.342 e. The second-order valence-corrected chi connectivity index (χ2v) is 7.30. The van der Waals surface area contributed by atoms with Crippen molar-refractivity contribution >= 4 is 21.6 Å². The second kappa shape index (κ2) is 5.65. The van der Waals surface area contributed by atoms with E-state index in [-0.39, 0.29) is 25.4 Å². The Morgan fingerprint density at radius 2 is 2.23 bits per heavy atom. The Hall–Kier alpha value is -2.00. The highest BCUT2D eigenvalue weighted by Crippen LogP contribution is 2.17. The Morgan fingerprint density at radius 1 is 1.41 bits per heavy atom. The van der Waals surface area contributed by atoms with Crippen LogP contribution in [0, 0.1) is 0 Å². The van der Waals surface area contributed by atoms with Gasteiger partial charge in [0.05, 0.1) is 0 Å². The van der Waals surface area contributed by atoms with E-state index in [0.29, 0.717) is 12.2 Å². The molecule has 1 saturated heterocycles. The third-order valence-electron chi connectivity index (χ3n) is 3.83. The van der Waals surface area contributed by atoms with Crippen LogP contribution in [0.3, 0.4) is 0 Å². The van der Waals surface area contributed by atoms with E-state index < -0.39 is 15.3 Å². The zero-order valence-corrected chi connectivity index (χ0v) is 13.0. The summed E-state index contributed by atoms with van der Waals surface area (Å²) in [5.74, 6) is -0.108. The zero-order valence-electron chi connectivity index (χ0n) is 12.1. The van der Waals surface area contributed by atoms with Gasteiger partial charge in [-0.3, -0.25) is 9.20 Å². The van der Waals surface area contributed by atoms with E-state index in [4.69, 9.17) is 0 Å². The number of carbonyl (C=O) groups is 1. The van der Waals surface area contributed by atoms with Gasteiger partial charge in [-0.2, -0.15) is 0 Å². The third-order valence-corrected chi connectivity index (χ3v) is 5.57. The van der Waals surface area contributed by atoms with E-state index in [1.807, 2.05) is 6.92 Å². The normalized spacial score (nSPS) is 19.2. The summed E-state index contributed by atoms with van der Waals surface area (Å²) >= 11 is 0. The van der Waals surface area contributed by atoms with Crippen LogP contribution in [0.15, 0.2) is 24.7 Å². The molecule has 1 unspecified atom stereocenters. The summed E-state index contributed by atoms with van der Waals surface area (Å²) < 4.78 is 28.9. The van der Waals surface area contributed by atoms with E-state index in [2.05, 4.69) is 14.9 Å². The van der Waals surface area contributed by atoms with Crippen molar-refractivity contribution in [1.29, 1.82) is 0 Å². The molecular formula is C13H17N5O3S. The Kier molecular flexibility index (Phi) is 3.83. The summed E-state index contributed by atoms with van der Waals surface area (Å²) in [6.07, 6.45) is 3.38. The molecule has 1 N–H and O–H groups in total. The van der Waals surface area contributed by atoms with E-state index in [0.717, 1.165) is 5.56 Å². The zero-order chi connectivity index (χ0) is 15.7. The van der Waals surface area contributed by atoms with Gasteiger partial charge in [-0.15, -0.1) is 10.2 Å². The largest absolute Gasteiger partial charge is 0.342 e. The molecule has 2 aromatic rings. The van der Waals surface area contributed by atoms with Crippen LogP contribution in [0.25, 0.3) is 5.65 Å². The number of amides is 1. The number of sulfonamides is 1. The van der Waals surface area contributed by atoms with Crippen molar-refractivity contribution in [2.75, 3.05) is 13.1 Å². The summed E-state index contributed by atoms with van der Waals surface area (Å²) in [5, 5.41) is 6.98. The SMILES string of the molecule is CCN1CC(S(=O)(=O)NCc2ccc3nncn3c2)CC1=O. The monoisotopic (exact) mass is 323 g/mol. The van der Waals surface area contributed by atoms with Gasteiger partial charge < -0.3 is 4.90 Å². The maximum Gasteiger partial charge on any atom is 0.224 e. The lowest BCUT2D eigenvalue weighted by molar-refractivity contribution is -0.127. The van der Waals surface area contributed by atoms with Gasteiger partial charge >= 0.3 is 0 Å². The van der Waals surface area contributed by atoms with Gasteiger partial charge in [0.25, 0.3) is 0 Å². The van der Waals surface area contributed by atoms with Gasteiger partial charge in [-0.25, -0.2) is 13.1 Å². The molecule has 0 saturated carbocycles. The highest BCUT2D eigenvalue weighted by molar-refractivity contribution is 7.90. The fourth-order valence-corrected chi connectivity index (χ4v) is 3.87. The first-order chi connectivity index (χ1) is 10.5. The van der Waals surface area contributed by atoms with Crippen molar-refractivity contribution in [3.05, 3.63) is 30.2 Å². The van der Waals surface area contributed by atoms with Crippen LogP contribution < -0.4 is 4.72 Å². The molecule has 0 spiro atoms. The lowest BCUT2D eigenvalue weighted by atomic mass is 10.3. The number of likely N-dealkylation sites (tertiary alicyclic amines) is 1. The quantitative estimate of drug-likeness (QED) is 0.820. The smallest absolute Gasteiger partial charge is 0.224 e. The summed E-state index contributed by atoms with van der Waals surface area (Å²) in [5.41, 5.74) is 1.50. The lowest BCUT2D eigenvalue weighted by Crippen LogP contribution is -2.36. The minimum absolute atomic E-state index is 0.0493. The highest BCUT2D eigenvalue weighted by atomic mass is 32.2.